The van der Waals surface area contributed by atoms with Gasteiger partial charge in [0.25, 0.3) is 0 Å². The third-order valence-electron chi connectivity index (χ3n) is 8.78. The van der Waals surface area contributed by atoms with E-state index in [2.05, 4.69) is 10.6 Å². The number of rotatable bonds is 19. The molecule has 4 atom stereocenters. The number of amides is 2. The Kier molecular flexibility index (Phi) is 16.1. The van der Waals surface area contributed by atoms with Crippen LogP contribution in [0.4, 0.5) is 13.6 Å². The van der Waals surface area contributed by atoms with Gasteiger partial charge in [-0.3, -0.25) is 4.79 Å². The van der Waals surface area contributed by atoms with Crippen LogP contribution in [-0.2, 0) is 48.3 Å². The standard InChI is InChI=1S/C36H52F2N4O7S/c1-5-9-31(10-6-2)50(46,47)23-33(41-36(45)48-30-13-14-42(22-30)24(4)43)35(44)49-34(21-40-20-26-12-8-11-25(7-3)15-26)32(39)18-27-16-28(37)19-29(38)17-27/h8,11-12,15-17,19,30-34,40H,5-7,9-10,13-14,18,20-23,39H2,1-4H3,(H,41,45)/t30-,32+,33?,34-/m1/s1. The van der Waals surface area contributed by atoms with Crippen molar-refractivity contribution in [2.75, 3.05) is 25.4 Å². The molecule has 0 aliphatic carbocycles. The molecular formula is C36H52F2N4O7S. The van der Waals surface area contributed by atoms with Crippen molar-refractivity contribution in [3.63, 3.8) is 0 Å². The molecule has 2 aromatic rings. The lowest BCUT2D eigenvalue weighted by Gasteiger charge is -2.28. The molecule has 1 aliphatic heterocycles. The van der Waals surface area contributed by atoms with E-state index in [0.29, 0.717) is 45.2 Å². The molecule has 0 saturated carbocycles. The number of hydrogen-bond acceptors (Lipinski definition) is 9. The Morgan fingerprint density at radius 1 is 1.00 bits per heavy atom. The molecule has 1 fully saturated rings. The highest BCUT2D eigenvalue weighted by Crippen LogP contribution is 2.19. The fourth-order valence-electron chi connectivity index (χ4n) is 6.08. The Hall–Kier alpha value is -3.62. The molecule has 0 radical (unpaired) electrons. The number of nitrogens with two attached hydrogens (primary N) is 1. The van der Waals surface area contributed by atoms with E-state index in [1.807, 2.05) is 45.0 Å². The van der Waals surface area contributed by atoms with Crippen molar-refractivity contribution >= 4 is 27.8 Å². The number of esters is 1. The summed E-state index contributed by atoms with van der Waals surface area (Å²) < 4.78 is 66.6. The molecule has 1 unspecified atom stereocenters. The van der Waals surface area contributed by atoms with Crippen LogP contribution in [0.15, 0.2) is 42.5 Å². The molecule has 11 nitrogen and oxygen atoms in total. The van der Waals surface area contributed by atoms with Crippen LogP contribution in [0.1, 0.15) is 76.5 Å². The van der Waals surface area contributed by atoms with Gasteiger partial charge in [-0.2, -0.15) is 0 Å². The first-order valence-electron chi connectivity index (χ1n) is 17.4. The quantitative estimate of drug-likeness (QED) is 0.181. The first-order valence-corrected chi connectivity index (χ1v) is 19.1. The summed E-state index contributed by atoms with van der Waals surface area (Å²) in [6.45, 7) is 8.16. The Labute approximate surface area is 294 Å². The highest BCUT2D eigenvalue weighted by atomic mass is 32.2. The molecule has 4 N–H and O–H groups in total. The highest BCUT2D eigenvalue weighted by molar-refractivity contribution is 7.92. The fourth-order valence-corrected chi connectivity index (χ4v) is 8.23. The lowest BCUT2D eigenvalue weighted by atomic mass is 10.0. The number of nitrogens with one attached hydrogen (secondary N) is 2. The van der Waals surface area contributed by atoms with Crippen LogP contribution in [-0.4, -0.2) is 86.2 Å². The van der Waals surface area contributed by atoms with E-state index < -0.39 is 68.8 Å². The third-order valence-corrected chi connectivity index (χ3v) is 11.1. The molecule has 50 heavy (non-hydrogen) atoms. The molecule has 2 aromatic carbocycles. The van der Waals surface area contributed by atoms with Crippen molar-refractivity contribution in [3.8, 4) is 0 Å². The van der Waals surface area contributed by atoms with Gasteiger partial charge in [-0.05, 0) is 54.5 Å². The third kappa shape index (κ3) is 12.9. The summed E-state index contributed by atoms with van der Waals surface area (Å²) in [6.07, 6.45) is 0.386. The number of sulfone groups is 1. The summed E-state index contributed by atoms with van der Waals surface area (Å²) >= 11 is 0. The summed E-state index contributed by atoms with van der Waals surface area (Å²) in [6, 6.07) is 8.30. The molecular weight excluding hydrogens is 670 g/mol. The van der Waals surface area contributed by atoms with Crippen molar-refractivity contribution in [1.82, 2.24) is 15.5 Å². The SMILES string of the molecule is CCCC(CCC)S(=O)(=O)CC(NC(=O)O[C@@H]1CCN(C(C)=O)C1)C(=O)O[C@H](CNCc1cccc(CC)c1)[C@@H](N)Cc1cc(F)cc(F)c1. The summed E-state index contributed by atoms with van der Waals surface area (Å²) in [7, 11) is -3.91. The number of benzene rings is 2. The van der Waals surface area contributed by atoms with Crippen LogP contribution in [0.2, 0.25) is 0 Å². The van der Waals surface area contributed by atoms with Crippen molar-refractivity contribution in [3.05, 3.63) is 70.8 Å². The Morgan fingerprint density at radius 3 is 2.26 bits per heavy atom. The lowest BCUT2D eigenvalue weighted by molar-refractivity contribution is -0.151. The van der Waals surface area contributed by atoms with Gasteiger partial charge in [-0.1, -0.05) is 57.9 Å². The number of carbonyl (C=O) groups excluding carboxylic acids is 3. The number of nitrogens with zero attached hydrogens (tertiary/aromatic N) is 1. The predicted octanol–water partition coefficient (Wildman–Crippen LogP) is 4.20. The number of ether oxygens (including phenoxy) is 2. The normalized spacial score (nSPS) is 16.6. The number of alkyl carbamates (subject to hydrolysis) is 1. The fraction of sp³-hybridized carbons (Fsp3) is 0.583. The van der Waals surface area contributed by atoms with E-state index in [9.17, 15) is 31.6 Å². The van der Waals surface area contributed by atoms with Gasteiger partial charge >= 0.3 is 12.1 Å². The second-order valence-corrected chi connectivity index (χ2v) is 15.3. The van der Waals surface area contributed by atoms with Gasteiger partial charge in [0.15, 0.2) is 9.84 Å². The van der Waals surface area contributed by atoms with E-state index in [1.54, 1.807) is 0 Å². The van der Waals surface area contributed by atoms with Crippen molar-refractivity contribution in [1.29, 1.82) is 0 Å². The number of likely N-dealkylation sites (tertiary alicyclic amines) is 1. The van der Waals surface area contributed by atoms with E-state index in [0.717, 1.165) is 35.7 Å². The molecule has 0 aromatic heterocycles. The van der Waals surface area contributed by atoms with Crippen LogP contribution >= 0.6 is 0 Å². The average molecular weight is 723 g/mol. The molecule has 1 saturated heterocycles. The zero-order chi connectivity index (χ0) is 36.8. The summed E-state index contributed by atoms with van der Waals surface area (Å²) in [5, 5.41) is 4.90. The van der Waals surface area contributed by atoms with Crippen LogP contribution in [0.25, 0.3) is 0 Å². The van der Waals surface area contributed by atoms with Crippen LogP contribution in [0.3, 0.4) is 0 Å². The van der Waals surface area contributed by atoms with Gasteiger partial charge in [0.05, 0.1) is 17.5 Å². The Morgan fingerprint density at radius 2 is 1.66 bits per heavy atom. The van der Waals surface area contributed by atoms with Crippen molar-refractivity contribution in [2.24, 2.45) is 5.73 Å². The maximum absolute atomic E-state index is 14.0. The van der Waals surface area contributed by atoms with Gasteiger partial charge in [-0.15, -0.1) is 0 Å². The predicted molar refractivity (Wildman–Crippen MR) is 187 cm³/mol. The maximum Gasteiger partial charge on any atom is 0.408 e. The van der Waals surface area contributed by atoms with Crippen LogP contribution in [0.5, 0.6) is 0 Å². The molecule has 1 aliphatic rings. The van der Waals surface area contributed by atoms with Crippen molar-refractivity contribution < 1.29 is 41.1 Å². The molecule has 0 bridgehead atoms. The number of aryl methyl sites for hydroxylation is 1. The first-order chi connectivity index (χ1) is 23.7. The van der Waals surface area contributed by atoms with Gasteiger partial charge in [-0.25, -0.2) is 26.8 Å². The topological polar surface area (TPSA) is 157 Å². The van der Waals surface area contributed by atoms with Crippen LogP contribution < -0.4 is 16.4 Å². The second kappa shape index (κ2) is 19.7. The van der Waals surface area contributed by atoms with E-state index in [1.165, 1.54) is 11.8 Å². The Bertz CT molecular complexity index is 1520. The van der Waals surface area contributed by atoms with Gasteiger partial charge < -0.3 is 30.7 Å². The zero-order valence-corrected chi connectivity index (χ0v) is 30.3. The van der Waals surface area contributed by atoms with Crippen molar-refractivity contribution in [2.45, 2.75) is 109 Å². The number of carbonyl (C=O) groups is 3. The maximum atomic E-state index is 14.0. The minimum Gasteiger partial charge on any atom is -0.458 e. The molecule has 14 heteroatoms. The van der Waals surface area contributed by atoms with Crippen LogP contribution in [0, 0.1) is 11.6 Å². The largest absolute Gasteiger partial charge is 0.458 e. The van der Waals surface area contributed by atoms with Gasteiger partial charge in [0.1, 0.15) is 29.9 Å². The van der Waals surface area contributed by atoms with Gasteiger partial charge in [0.2, 0.25) is 5.91 Å². The summed E-state index contributed by atoms with van der Waals surface area (Å²) in [5.41, 5.74) is 8.85. The smallest absolute Gasteiger partial charge is 0.408 e. The molecule has 0 spiro atoms. The van der Waals surface area contributed by atoms with E-state index in [-0.39, 0.29) is 31.0 Å². The van der Waals surface area contributed by atoms with Gasteiger partial charge in [0, 0.05) is 45.1 Å². The minimum atomic E-state index is -3.91. The van der Waals surface area contributed by atoms with E-state index in [4.69, 9.17) is 15.2 Å². The summed E-state index contributed by atoms with van der Waals surface area (Å²) in [4.78, 5) is 40.2. The highest BCUT2D eigenvalue weighted by Gasteiger charge is 2.36. The van der Waals surface area contributed by atoms with E-state index >= 15 is 0 Å². The average Bonchev–Trinajstić information content (AvgIpc) is 3.52. The number of hydrogen-bond donors (Lipinski definition) is 3. The first kappa shape index (κ1) is 40.8. The Balaban J connectivity index is 1.85. The molecule has 3 rings (SSSR count). The minimum absolute atomic E-state index is 0.0161. The summed E-state index contributed by atoms with van der Waals surface area (Å²) in [5.74, 6) is -3.52. The number of halogens is 2. The molecule has 278 valence electrons. The lowest BCUT2D eigenvalue weighted by Crippen LogP contribution is -2.52. The molecule has 2 amide bonds. The molecule has 1 heterocycles. The zero-order valence-electron chi connectivity index (χ0n) is 29.5. The monoisotopic (exact) mass is 722 g/mol. The second-order valence-electron chi connectivity index (χ2n) is 12.9.